The quantitative estimate of drug-likeness (QED) is 0.671. The predicted molar refractivity (Wildman–Crippen MR) is 72.6 cm³/mol. The molecule has 96 valence electrons. The fraction of sp³-hybridized carbons (Fsp3) is 0.0769. The smallest absolute Gasteiger partial charge is 0.339 e. The molecule has 0 aliphatic rings. The van der Waals surface area contributed by atoms with E-state index >= 15 is 0 Å². The van der Waals surface area contributed by atoms with Crippen molar-refractivity contribution in [2.45, 2.75) is 6.92 Å². The lowest BCUT2D eigenvalue weighted by atomic mass is 10.0. The zero-order valence-electron chi connectivity index (χ0n) is 9.99. The Morgan fingerprint density at radius 2 is 2.21 bits per heavy atom. The Balaban J connectivity index is 2.33. The molecule has 0 radical (unpaired) electrons. The number of aryl methyl sites for hydroxylation is 1. The van der Waals surface area contributed by atoms with Crippen LogP contribution in [0.15, 0.2) is 24.4 Å². The lowest BCUT2D eigenvalue weighted by molar-refractivity contribution is 0.0698. The first-order valence-corrected chi connectivity index (χ1v) is 6.00. The average molecular weight is 276 g/mol. The highest BCUT2D eigenvalue weighted by atomic mass is 35.5. The van der Waals surface area contributed by atoms with Crippen molar-refractivity contribution >= 4 is 28.5 Å². The number of hydrogen-bond donors (Lipinski definition) is 3. The zero-order chi connectivity index (χ0) is 13.6. The monoisotopic (exact) mass is 275 g/mol. The van der Waals surface area contributed by atoms with Crippen LogP contribution >= 0.6 is 11.6 Å². The van der Waals surface area contributed by atoms with E-state index in [1.165, 1.54) is 6.20 Å². The minimum atomic E-state index is -1.01. The lowest BCUT2D eigenvalue weighted by Crippen LogP contribution is -1.97. The molecule has 0 bridgehead atoms. The number of benzene rings is 1. The number of hydrogen-bond acceptors (Lipinski definition) is 2. The molecule has 2 heterocycles. The van der Waals surface area contributed by atoms with E-state index in [1.807, 2.05) is 19.1 Å². The van der Waals surface area contributed by atoms with Crippen LogP contribution in [-0.2, 0) is 0 Å². The Morgan fingerprint density at radius 1 is 1.42 bits per heavy atom. The molecule has 5 nitrogen and oxygen atoms in total. The van der Waals surface area contributed by atoms with Gasteiger partial charge in [0.25, 0.3) is 0 Å². The highest BCUT2D eigenvalue weighted by Crippen LogP contribution is 2.33. The number of aromatic amines is 2. The van der Waals surface area contributed by atoms with Crippen molar-refractivity contribution in [1.29, 1.82) is 0 Å². The molecule has 0 atom stereocenters. The van der Waals surface area contributed by atoms with Crippen LogP contribution in [0.3, 0.4) is 0 Å². The largest absolute Gasteiger partial charge is 0.478 e. The van der Waals surface area contributed by atoms with Crippen molar-refractivity contribution in [3.05, 3.63) is 40.7 Å². The molecule has 0 unspecified atom stereocenters. The van der Waals surface area contributed by atoms with E-state index in [9.17, 15) is 4.79 Å². The van der Waals surface area contributed by atoms with Gasteiger partial charge in [-0.25, -0.2) is 4.79 Å². The van der Waals surface area contributed by atoms with Gasteiger partial charge in [-0.15, -0.1) is 0 Å². The maximum Gasteiger partial charge on any atom is 0.339 e. The Bertz CT molecular complexity index is 788. The lowest BCUT2D eigenvalue weighted by Gasteiger charge is -2.00. The van der Waals surface area contributed by atoms with E-state index in [2.05, 4.69) is 15.2 Å². The molecule has 0 saturated carbocycles. The number of aromatic carboxylic acids is 1. The molecule has 0 fully saturated rings. The number of fused-ring (bicyclic) bond motifs is 1. The van der Waals surface area contributed by atoms with Crippen molar-refractivity contribution < 1.29 is 9.90 Å². The SMILES string of the molecule is Cc1[nH]c2cc(Cl)ccc2c1-c1[nH]ncc1C(=O)O. The fourth-order valence-corrected chi connectivity index (χ4v) is 2.44. The molecule has 6 heteroatoms. The van der Waals surface area contributed by atoms with Gasteiger partial charge in [0, 0.05) is 27.2 Å². The molecule has 0 saturated heterocycles. The molecular formula is C13H10ClN3O2. The molecule has 19 heavy (non-hydrogen) atoms. The number of nitrogens with one attached hydrogen (secondary N) is 2. The summed E-state index contributed by atoms with van der Waals surface area (Å²) in [4.78, 5) is 14.4. The predicted octanol–water partition coefficient (Wildman–Crippen LogP) is 3.22. The van der Waals surface area contributed by atoms with E-state index < -0.39 is 5.97 Å². The number of H-pyrrole nitrogens is 2. The number of carboxylic acids is 1. The molecule has 2 aromatic heterocycles. The summed E-state index contributed by atoms with van der Waals surface area (Å²) < 4.78 is 0. The first kappa shape index (κ1) is 11.8. The van der Waals surface area contributed by atoms with E-state index in [0.717, 1.165) is 22.2 Å². The van der Waals surface area contributed by atoms with Crippen LogP contribution in [-0.4, -0.2) is 26.3 Å². The second kappa shape index (κ2) is 4.13. The van der Waals surface area contributed by atoms with Gasteiger partial charge in [-0.1, -0.05) is 17.7 Å². The van der Waals surface area contributed by atoms with Crippen LogP contribution in [0.1, 0.15) is 16.1 Å². The summed E-state index contributed by atoms with van der Waals surface area (Å²) in [5.74, 6) is -1.01. The van der Waals surface area contributed by atoms with Gasteiger partial charge < -0.3 is 10.1 Å². The highest BCUT2D eigenvalue weighted by Gasteiger charge is 2.19. The van der Waals surface area contributed by atoms with Crippen molar-refractivity contribution in [2.75, 3.05) is 0 Å². The molecule has 0 aliphatic heterocycles. The van der Waals surface area contributed by atoms with Gasteiger partial charge in [0.05, 0.1) is 11.9 Å². The molecule has 1 aromatic carbocycles. The van der Waals surface area contributed by atoms with Crippen LogP contribution in [0.5, 0.6) is 0 Å². The summed E-state index contributed by atoms with van der Waals surface area (Å²) in [6.45, 7) is 1.88. The molecule has 0 spiro atoms. The van der Waals surface area contributed by atoms with Crippen molar-refractivity contribution in [3.63, 3.8) is 0 Å². The van der Waals surface area contributed by atoms with Crippen molar-refractivity contribution in [1.82, 2.24) is 15.2 Å². The van der Waals surface area contributed by atoms with E-state index in [1.54, 1.807) is 6.07 Å². The maximum atomic E-state index is 11.2. The van der Waals surface area contributed by atoms with Crippen LogP contribution in [0, 0.1) is 6.92 Å². The maximum absolute atomic E-state index is 11.2. The number of aromatic nitrogens is 3. The summed E-state index contributed by atoms with van der Waals surface area (Å²) in [5, 5.41) is 17.3. The number of rotatable bonds is 2. The summed E-state index contributed by atoms with van der Waals surface area (Å²) in [6.07, 6.45) is 1.31. The normalized spacial score (nSPS) is 11.1. The Morgan fingerprint density at radius 3 is 2.95 bits per heavy atom. The third kappa shape index (κ3) is 1.79. The topological polar surface area (TPSA) is 81.8 Å². The van der Waals surface area contributed by atoms with Crippen molar-refractivity contribution in [2.24, 2.45) is 0 Å². The summed E-state index contributed by atoms with van der Waals surface area (Å²) in [5.41, 5.74) is 3.19. The minimum Gasteiger partial charge on any atom is -0.478 e. The zero-order valence-corrected chi connectivity index (χ0v) is 10.7. The summed E-state index contributed by atoms with van der Waals surface area (Å²) >= 11 is 5.95. The van der Waals surface area contributed by atoms with Gasteiger partial charge >= 0.3 is 5.97 Å². The number of carboxylic acid groups (broad SMARTS) is 1. The highest BCUT2D eigenvalue weighted by molar-refractivity contribution is 6.31. The summed E-state index contributed by atoms with van der Waals surface area (Å²) in [6, 6.07) is 5.45. The molecule has 0 amide bonds. The van der Waals surface area contributed by atoms with Crippen LogP contribution in [0.25, 0.3) is 22.2 Å². The first-order valence-electron chi connectivity index (χ1n) is 5.63. The molecule has 3 aromatic rings. The van der Waals surface area contributed by atoms with Gasteiger partial charge in [-0.2, -0.15) is 5.10 Å². The van der Waals surface area contributed by atoms with Gasteiger partial charge in [-0.05, 0) is 19.1 Å². The summed E-state index contributed by atoms with van der Waals surface area (Å²) in [7, 11) is 0. The third-order valence-corrected chi connectivity index (χ3v) is 3.30. The Labute approximate surface area is 113 Å². The molecular weight excluding hydrogens is 266 g/mol. The standard InChI is InChI=1S/C13H10ClN3O2/c1-6-11(12-9(13(18)19)5-15-17-12)8-3-2-7(14)4-10(8)16-6/h2-5,16H,1H3,(H,15,17)(H,18,19). The number of nitrogens with zero attached hydrogens (tertiary/aromatic N) is 1. The number of carbonyl (C=O) groups is 1. The molecule has 3 N–H and O–H groups in total. The third-order valence-electron chi connectivity index (χ3n) is 3.07. The van der Waals surface area contributed by atoms with Gasteiger partial charge in [0.15, 0.2) is 0 Å². The Kier molecular flexibility index (Phi) is 2.57. The second-order valence-corrected chi connectivity index (χ2v) is 4.72. The molecule has 3 rings (SSSR count). The average Bonchev–Trinajstić information content (AvgIpc) is 2.91. The van der Waals surface area contributed by atoms with E-state index in [-0.39, 0.29) is 5.56 Å². The van der Waals surface area contributed by atoms with Crippen LogP contribution in [0.2, 0.25) is 5.02 Å². The van der Waals surface area contributed by atoms with Crippen LogP contribution in [0.4, 0.5) is 0 Å². The van der Waals surface area contributed by atoms with Crippen LogP contribution < -0.4 is 0 Å². The van der Waals surface area contributed by atoms with E-state index in [0.29, 0.717) is 10.7 Å². The second-order valence-electron chi connectivity index (χ2n) is 4.28. The molecule has 0 aliphatic carbocycles. The van der Waals surface area contributed by atoms with Gasteiger partial charge in [0.1, 0.15) is 5.56 Å². The minimum absolute atomic E-state index is 0.152. The first-order chi connectivity index (χ1) is 9.08. The van der Waals surface area contributed by atoms with E-state index in [4.69, 9.17) is 16.7 Å². The number of halogens is 1. The Hall–Kier alpha value is -2.27. The fourth-order valence-electron chi connectivity index (χ4n) is 2.27. The van der Waals surface area contributed by atoms with Gasteiger partial charge in [0.2, 0.25) is 0 Å². The van der Waals surface area contributed by atoms with Crippen molar-refractivity contribution in [3.8, 4) is 11.3 Å². The van der Waals surface area contributed by atoms with Gasteiger partial charge in [-0.3, -0.25) is 5.10 Å².